The summed E-state index contributed by atoms with van der Waals surface area (Å²) in [4.78, 5) is 4.07. The first-order valence-electron chi connectivity index (χ1n) is 4.85. The molecule has 1 unspecified atom stereocenters. The van der Waals surface area contributed by atoms with Gasteiger partial charge < -0.3 is 10.2 Å². The van der Waals surface area contributed by atoms with Gasteiger partial charge in [-0.25, -0.2) is 4.98 Å². The zero-order valence-corrected chi connectivity index (χ0v) is 8.45. The topological polar surface area (TPSA) is 52.0 Å². The number of nitrogens with two attached hydrogens (primary N) is 1. The Balaban J connectivity index is 2.58. The van der Waals surface area contributed by atoms with Crippen molar-refractivity contribution in [2.24, 2.45) is 0 Å². The predicted octanol–water partition coefficient (Wildman–Crippen LogP) is 2.92. The van der Waals surface area contributed by atoms with Crippen molar-refractivity contribution in [3.8, 4) is 0 Å². The number of aromatic nitrogens is 1. The van der Waals surface area contributed by atoms with Gasteiger partial charge in [-0.2, -0.15) is 0 Å². The molecule has 2 aromatic heterocycles. The van der Waals surface area contributed by atoms with E-state index in [9.17, 15) is 0 Å². The molecule has 0 aromatic carbocycles. The summed E-state index contributed by atoms with van der Waals surface area (Å²) < 4.78 is 5.43. The van der Waals surface area contributed by atoms with E-state index >= 15 is 0 Å². The van der Waals surface area contributed by atoms with Gasteiger partial charge in [-0.1, -0.05) is 13.8 Å². The molecule has 2 heterocycles. The Morgan fingerprint density at radius 2 is 2.36 bits per heavy atom. The van der Waals surface area contributed by atoms with Gasteiger partial charge in [0.05, 0.1) is 6.26 Å². The Labute approximate surface area is 82.9 Å². The smallest absolute Gasteiger partial charge is 0.139 e. The normalized spacial score (nSPS) is 13.3. The molecule has 0 saturated carbocycles. The molecule has 1 atom stereocenters. The number of fused-ring (bicyclic) bond motifs is 1. The van der Waals surface area contributed by atoms with E-state index in [0.29, 0.717) is 11.7 Å². The van der Waals surface area contributed by atoms with Crippen molar-refractivity contribution in [2.45, 2.75) is 26.2 Å². The molecule has 0 radical (unpaired) electrons. The van der Waals surface area contributed by atoms with Crippen molar-refractivity contribution in [1.82, 2.24) is 4.98 Å². The number of pyridine rings is 1. The number of hydrogen-bond acceptors (Lipinski definition) is 3. The van der Waals surface area contributed by atoms with Crippen LogP contribution in [-0.2, 0) is 0 Å². The monoisotopic (exact) mass is 190 g/mol. The zero-order chi connectivity index (χ0) is 10.1. The van der Waals surface area contributed by atoms with Gasteiger partial charge in [0.15, 0.2) is 0 Å². The fourth-order valence-corrected chi connectivity index (χ4v) is 1.56. The third kappa shape index (κ3) is 1.35. The summed E-state index contributed by atoms with van der Waals surface area (Å²) in [6, 6.07) is 1.77. The molecular weight excluding hydrogens is 176 g/mol. The minimum absolute atomic E-state index is 0.502. The van der Waals surface area contributed by atoms with Crippen LogP contribution in [0.3, 0.4) is 0 Å². The third-order valence-electron chi connectivity index (χ3n) is 2.65. The number of nitrogens with zero attached hydrogens (tertiary/aromatic N) is 1. The molecule has 0 bridgehead atoms. The molecule has 0 spiro atoms. The molecule has 0 amide bonds. The molecule has 0 fully saturated rings. The van der Waals surface area contributed by atoms with Gasteiger partial charge in [-0.15, -0.1) is 0 Å². The van der Waals surface area contributed by atoms with Crippen molar-refractivity contribution in [3.05, 3.63) is 24.1 Å². The van der Waals surface area contributed by atoms with Crippen LogP contribution >= 0.6 is 0 Å². The molecule has 0 aliphatic carbocycles. The van der Waals surface area contributed by atoms with E-state index in [1.807, 2.05) is 0 Å². The minimum atomic E-state index is 0.502. The first kappa shape index (κ1) is 9.06. The Hall–Kier alpha value is -1.51. The van der Waals surface area contributed by atoms with Crippen LogP contribution in [0.2, 0.25) is 0 Å². The van der Waals surface area contributed by atoms with Gasteiger partial charge in [0.1, 0.15) is 11.4 Å². The van der Waals surface area contributed by atoms with Crippen molar-refractivity contribution in [3.63, 3.8) is 0 Å². The van der Waals surface area contributed by atoms with Gasteiger partial charge >= 0.3 is 0 Å². The van der Waals surface area contributed by atoms with Crippen LogP contribution < -0.4 is 5.73 Å². The lowest BCUT2D eigenvalue weighted by molar-refractivity contribution is 0.600. The average molecular weight is 190 g/mol. The number of anilines is 1. The molecule has 0 aliphatic rings. The number of nitrogen functional groups attached to an aromatic ring is 1. The van der Waals surface area contributed by atoms with Crippen LogP contribution in [0.25, 0.3) is 11.0 Å². The zero-order valence-electron chi connectivity index (χ0n) is 8.45. The largest absolute Gasteiger partial charge is 0.464 e. The molecule has 2 N–H and O–H groups in total. The van der Waals surface area contributed by atoms with Crippen LogP contribution in [0, 0.1) is 0 Å². The van der Waals surface area contributed by atoms with E-state index in [0.717, 1.165) is 17.4 Å². The van der Waals surface area contributed by atoms with Crippen molar-refractivity contribution in [2.75, 3.05) is 5.73 Å². The molecule has 3 heteroatoms. The van der Waals surface area contributed by atoms with Crippen molar-refractivity contribution >= 4 is 16.8 Å². The highest BCUT2D eigenvalue weighted by Gasteiger charge is 2.11. The molecular formula is C11H14N2O. The SMILES string of the molecule is CCC(C)c1coc2cc(N)ncc12. The van der Waals surface area contributed by atoms with E-state index in [4.69, 9.17) is 10.2 Å². The van der Waals surface area contributed by atoms with Gasteiger partial charge in [0.2, 0.25) is 0 Å². The highest BCUT2D eigenvalue weighted by atomic mass is 16.3. The van der Waals surface area contributed by atoms with Gasteiger partial charge in [0.25, 0.3) is 0 Å². The average Bonchev–Trinajstić information content (AvgIpc) is 2.59. The number of hydrogen-bond donors (Lipinski definition) is 1. The predicted molar refractivity (Wildman–Crippen MR) is 57.1 cm³/mol. The van der Waals surface area contributed by atoms with Crippen molar-refractivity contribution in [1.29, 1.82) is 0 Å². The Morgan fingerprint density at radius 3 is 3.07 bits per heavy atom. The van der Waals surface area contributed by atoms with Crippen LogP contribution in [0.15, 0.2) is 22.9 Å². The molecule has 0 aliphatic heterocycles. The first-order valence-corrected chi connectivity index (χ1v) is 4.85. The lowest BCUT2D eigenvalue weighted by atomic mass is 9.99. The highest BCUT2D eigenvalue weighted by Crippen LogP contribution is 2.29. The maximum Gasteiger partial charge on any atom is 0.139 e. The minimum Gasteiger partial charge on any atom is -0.464 e. The second-order valence-corrected chi connectivity index (χ2v) is 3.61. The van der Waals surface area contributed by atoms with E-state index in [-0.39, 0.29) is 0 Å². The summed E-state index contributed by atoms with van der Waals surface area (Å²) in [6.07, 6.45) is 4.69. The fraction of sp³-hybridized carbons (Fsp3) is 0.364. The number of rotatable bonds is 2. The Morgan fingerprint density at radius 1 is 1.57 bits per heavy atom. The van der Waals surface area contributed by atoms with E-state index in [1.165, 1.54) is 5.56 Å². The maximum absolute atomic E-state index is 5.57. The molecule has 74 valence electrons. The number of furan rings is 1. The summed E-state index contributed by atoms with van der Waals surface area (Å²) in [7, 11) is 0. The van der Waals surface area contributed by atoms with Crippen molar-refractivity contribution < 1.29 is 4.42 Å². The van der Waals surface area contributed by atoms with Crippen LogP contribution in [0.4, 0.5) is 5.82 Å². The molecule has 2 rings (SSSR count). The molecule has 3 nitrogen and oxygen atoms in total. The Bertz CT molecular complexity index is 447. The summed E-state index contributed by atoms with van der Waals surface area (Å²) in [5, 5.41) is 1.08. The third-order valence-corrected chi connectivity index (χ3v) is 2.65. The van der Waals surface area contributed by atoms with E-state index < -0.39 is 0 Å². The van der Waals surface area contributed by atoms with Crippen LogP contribution in [0.1, 0.15) is 31.7 Å². The summed E-state index contributed by atoms with van der Waals surface area (Å²) in [5.41, 5.74) is 7.61. The van der Waals surface area contributed by atoms with Gasteiger partial charge in [0, 0.05) is 23.2 Å². The highest BCUT2D eigenvalue weighted by molar-refractivity contribution is 5.82. The van der Waals surface area contributed by atoms with Gasteiger partial charge in [-0.05, 0) is 12.3 Å². The molecule has 14 heavy (non-hydrogen) atoms. The van der Waals surface area contributed by atoms with E-state index in [2.05, 4.69) is 18.8 Å². The van der Waals surface area contributed by atoms with Crippen LogP contribution in [-0.4, -0.2) is 4.98 Å². The van der Waals surface area contributed by atoms with Crippen LogP contribution in [0.5, 0.6) is 0 Å². The summed E-state index contributed by atoms with van der Waals surface area (Å²) in [5.74, 6) is 1.00. The molecule has 2 aromatic rings. The first-order chi connectivity index (χ1) is 6.72. The second kappa shape index (κ2) is 3.33. The lowest BCUT2D eigenvalue weighted by Gasteiger charge is -2.04. The molecule has 0 saturated heterocycles. The quantitative estimate of drug-likeness (QED) is 0.792. The lowest BCUT2D eigenvalue weighted by Crippen LogP contribution is -1.91. The summed E-state index contributed by atoms with van der Waals surface area (Å²) >= 11 is 0. The second-order valence-electron chi connectivity index (χ2n) is 3.61. The standard InChI is InChI=1S/C11H14N2O/c1-3-7(2)9-6-14-10-4-11(12)13-5-8(9)10/h4-7H,3H2,1-2H3,(H2,12,13). The van der Waals surface area contributed by atoms with Gasteiger partial charge in [-0.3, -0.25) is 0 Å². The Kier molecular flexibility index (Phi) is 2.15. The fourth-order valence-electron chi connectivity index (χ4n) is 1.56. The maximum atomic E-state index is 5.57. The van der Waals surface area contributed by atoms with E-state index in [1.54, 1.807) is 18.5 Å². The summed E-state index contributed by atoms with van der Waals surface area (Å²) in [6.45, 7) is 4.34.